The van der Waals surface area contributed by atoms with Crippen molar-refractivity contribution in [2.45, 2.75) is 19.4 Å². The molecule has 0 amide bonds. The van der Waals surface area contributed by atoms with Gasteiger partial charge in [0.05, 0.1) is 13.2 Å². The highest BCUT2D eigenvalue weighted by atomic mass is 35.5. The summed E-state index contributed by atoms with van der Waals surface area (Å²) in [7, 11) is -3.32. The molecule has 126 valence electrons. The zero-order valence-electron chi connectivity index (χ0n) is 12.8. The van der Waals surface area contributed by atoms with Crippen molar-refractivity contribution in [2.75, 3.05) is 59.0 Å². The molecule has 0 radical (unpaired) electrons. The van der Waals surface area contributed by atoms with E-state index >= 15 is 0 Å². The van der Waals surface area contributed by atoms with Gasteiger partial charge in [0.15, 0.2) is 0 Å². The minimum atomic E-state index is -3.32. The third-order valence-electron chi connectivity index (χ3n) is 3.59. The minimum absolute atomic E-state index is 0. The van der Waals surface area contributed by atoms with Crippen LogP contribution in [0.15, 0.2) is 0 Å². The maximum atomic E-state index is 12.5. The molecule has 2 aliphatic rings. The predicted molar refractivity (Wildman–Crippen MR) is 84.8 cm³/mol. The second-order valence-corrected chi connectivity index (χ2v) is 8.11. The Balaban J connectivity index is 0.00000220. The lowest BCUT2D eigenvalue weighted by Gasteiger charge is -2.39. The number of nitrogens with zero attached hydrogens (tertiary/aromatic N) is 3. The van der Waals surface area contributed by atoms with Gasteiger partial charge in [0.25, 0.3) is 10.2 Å². The Morgan fingerprint density at radius 2 is 1.48 bits per heavy atom. The summed E-state index contributed by atoms with van der Waals surface area (Å²) in [6.07, 6.45) is 0. The van der Waals surface area contributed by atoms with Crippen LogP contribution in [0.25, 0.3) is 0 Å². The first kappa shape index (κ1) is 19.1. The Morgan fingerprint density at radius 1 is 1.00 bits per heavy atom. The molecule has 0 aliphatic carbocycles. The van der Waals surface area contributed by atoms with Crippen molar-refractivity contribution in [3.63, 3.8) is 0 Å². The van der Waals surface area contributed by atoms with Crippen LogP contribution >= 0.6 is 12.4 Å². The molecule has 0 saturated carbocycles. The van der Waals surface area contributed by atoms with Crippen LogP contribution in [0, 0.1) is 0 Å². The fourth-order valence-electron chi connectivity index (χ4n) is 2.64. The highest BCUT2D eigenvalue weighted by Gasteiger charge is 2.33. The highest BCUT2D eigenvalue weighted by Crippen LogP contribution is 2.14. The van der Waals surface area contributed by atoms with Crippen LogP contribution in [0.1, 0.15) is 13.8 Å². The van der Waals surface area contributed by atoms with E-state index in [2.05, 4.69) is 4.90 Å². The van der Waals surface area contributed by atoms with Crippen LogP contribution in [0.3, 0.4) is 0 Å². The molecular weight excluding hydrogens is 316 g/mol. The quantitative estimate of drug-likeness (QED) is 0.733. The Hall–Kier alpha value is 0.0400. The molecule has 0 unspecified atom stereocenters. The van der Waals surface area contributed by atoms with Crippen molar-refractivity contribution in [2.24, 2.45) is 5.73 Å². The van der Waals surface area contributed by atoms with Crippen LogP contribution in [-0.2, 0) is 14.9 Å². The first-order chi connectivity index (χ1) is 9.29. The van der Waals surface area contributed by atoms with Crippen molar-refractivity contribution >= 4 is 22.6 Å². The fourth-order valence-corrected chi connectivity index (χ4v) is 4.20. The SMILES string of the molecule is CC(C)(N)CN1CCN(S(=O)(=O)N2CCOCC2)CC1.Cl. The van der Waals surface area contributed by atoms with E-state index in [9.17, 15) is 8.42 Å². The van der Waals surface area contributed by atoms with Crippen LogP contribution in [0.4, 0.5) is 0 Å². The van der Waals surface area contributed by atoms with Gasteiger partial charge in [0, 0.05) is 51.4 Å². The van der Waals surface area contributed by atoms with Crippen molar-refractivity contribution in [1.82, 2.24) is 13.5 Å². The molecule has 0 aromatic carbocycles. The average Bonchev–Trinajstić information content (AvgIpc) is 2.38. The number of morpholine rings is 1. The van der Waals surface area contributed by atoms with Crippen LogP contribution < -0.4 is 5.73 Å². The van der Waals surface area contributed by atoms with E-state index in [1.54, 1.807) is 4.31 Å². The third kappa shape index (κ3) is 5.31. The first-order valence-corrected chi connectivity index (χ1v) is 8.53. The van der Waals surface area contributed by atoms with E-state index in [1.807, 2.05) is 13.8 Å². The van der Waals surface area contributed by atoms with E-state index in [0.717, 1.165) is 19.6 Å². The zero-order chi connectivity index (χ0) is 14.8. The standard InChI is InChI=1S/C12H26N4O3S.ClH/c1-12(2,13)11-14-3-5-15(6-4-14)20(17,18)16-7-9-19-10-8-16;/h3-11,13H2,1-2H3;1H. The number of ether oxygens (including phenoxy) is 1. The van der Waals surface area contributed by atoms with Gasteiger partial charge in [0.2, 0.25) is 0 Å². The topological polar surface area (TPSA) is 79.1 Å². The van der Waals surface area contributed by atoms with Crippen molar-refractivity contribution in [3.8, 4) is 0 Å². The molecule has 0 atom stereocenters. The number of halogens is 1. The van der Waals surface area contributed by atoms with Gasteiger partial charge in [-0.05, 0) is 13.8 Å². The minimum Gasteiger partial charge on any atom is -0.379 e. The molecule has 2 heterocycles. The lowest BCUT2D eigenvalue weighted by Crippen LogP contribution is -2.57. The van der Waals surface area contributed by atoms with Gasteiger partial charge in [-0.25, -0.2) is 0 Å². The molecule has 0 aromatic rings. The molecule has 2 N–H and O–H groups in total. The van der Waals surface area contributed by atoms with Gasteiger partial charge < -0.3 is 10.5 Å². The van der Waals surface area contributed by atoms with E-state index in [1.165, 1.54) is 4.31 Å². The summed E-state index contributed by atoms with van der Waals surface area (Å²) < 4.78 is 33.3. The third-order valence-corrected chi connectivity index (χ3v) is 5.62. The summed E-state index contributed by atoms with van der Waals surface area (Å²) in [5, 5.41) is 0. The lowest BCUT2D eigenvalue weighted by atomic mass is 10.1. The molecule has 2 rings (SSSR count). The largest absolute Gasteiger partial charge is 0.379 e. The highest BCUT2D eigenvalue weighted by molar-refractivity contribution is 7.86. The molecule has 7 nitrogen and oxygen atoms in total. The van der Waals surface area contributed by atoms with Crippen molar-refractivity contribution in [1.29, 1.82) is 0 Å². The normalized spacial score (nSPS) is 23.8. The molecular formula is C12H27ClN4O3S. The van der Waals surface area contributed by atoms with E-state index < -0.39 is 10.2 Å². The second kappa shape index (κ2) is 7.54. The summed E-state index contributed by atoms with van der Waals surface area (Å²) in [4.78, 5) is 2.23. The molecule has 9 heteroatoms. The molecule has 2 aliphatic heterocycles. The number of nitrogens with two attached hydrogens (primary N) is 1. The summed E-state index contributed by atoms with van der Waals surface area (Å²) in [5.41, 5.74) is 5.76. The average molecular weight is 343 g/mol. The van der Waals surface area contributed by atoms with Gasteiger partial charge in [-0.3, -0.25) is 4.90 Å². The zero-order valence-corrected chi connectivity index (χ0v) is 14.5. The molecule has 0 bridgehead atoms. The van der Waals surface area contributed by atoms with Crippen molar-refractivity contribution in [3.05, 3.63) is 0 Å². The molecule has 0 spiro atoms. The Morgan fingerprint density at radius 3 is 1.95 bits per heavy atom. The van der Waals surface area contributed by atoms with Crippen LogP contribution in [0.5, 0.6) is 0 Å². The summed E-state index contributed by atoms with van der Waals surface area (Å²) in [6.45, 7) is 9.21. The van der Waals surface area contributed by atoms with E-state index in [-0.39, 0.29) is 17.9 Å². The summed E-state index contributed by atoms with van der Waals surface area (Å²) >= 11 is 0. The Labute approximate surface area is 134 Å². The van der Waals surface area contributed by atoms with Crippen LogP contribution in [-0.4, -0.2) is 86.5 Å². The van der Waals surface area contributed by atoms with Gasteiger partial charge in [-0.1, -0.05) is 0 Å². The van der Waals surface area contributed by atoms with Gasteiger partial charge in [-0.15, -0.1) is 12.4 Å². The number of rotatable bonds is 4. The second-order valence-electron chi connectivity index (χ2n) is 6.18. The number of hydrogen-bond acceptors (Lipinski definition) is 5. The fraction of sp³-hybridized carbons (Fsp3) is 1.00. The lowest BCUT2D eigenvalue weighted by molar-refractivity contribution is 0.0681. The molecule has 2 saturated heterocycles. The first-order valence-electron chi connectivity index (χ1n) is 7.13. The monoisotopic (exact) mass is 342 g/mol. The molecule has 2 fully saturated rings. The maximum Gasteiger partial charge on any atom is 0.282 e. The van der Waals surface area contributed by atoms with E-state index in [4.69, 9.17) is 10.5 Å². The molecule has 21 heavy (non-hydrogen) atoms. The Bertz CT molecular complexity index is 413. The van der Waals surface area contributed by atoms with E-state index in [0.29, 0.717) is 39.4 Å². The molecule has 0 aromatic heterocycles. The number of hydrogen-bond donors (Lipinski definition) is 1. The maximum absolute atomic E-state index is 12.5. The predicted octanol–water partition coefficient (Wildman–Crippen LogP) is -0.660. The van der Waals surface area contributed by atoms with Gasteiger partial charge in [-0.2, -0.15) is 17.0 Å². The van der Waals surface area contributed by atoms with Gasteiger partial charge in [0.1, 0.15) is 0 Å². The summed E-state index contributed by atoms with van der Waals surface area (Å²) in [6, 6.07) is 0. The van der Waals surface area contributed by atoms with Gasteiger partial charge >= 0.3 is 0 Å². The van der Waals surface area contributed by atoms with Crippen molar-refractivity contribution < 1.29 is 13.2 Å². The van der Waals surface area contributed by atoms with Crippen LogP contribution in [0.2, 0.25) is 0 Å². The number of piperazine rings is 1. The smallest absolute Gasteiger partial charge is 0.282 e. The Kier molecular flexibility index (Phi) is 6.85. The summed E-state index contributed by atoms with van der Waals surface area (Å²) in [5.74, 6) is 0.